The zero-order valence-corrected chi connectivity index (χ0v) is 12.8. The Morgan fingerprint density at radius 2 is 2.05 bits per heavy atom. The van der Waals surface area contributed by atoms with Crippen LogP contribution in [0.2, 0.25) is 5.02 Å². The third-order valence-corrected chi connectivity index (χ3v) is 5.01. The number of rotatable bonds is 3. The average Bonchev–Trinajstić information content (AvgIpc) is 2.49. The van der Waals surface area contributed by atoms with Gasteiger partial charge in [-0.3, -0.25) is 0 Å². The van der Waals surface area contributed by atoms with Gasteiger partial charge in [-0.25, -0.2) is 8.78 Å². The SMILES string of the molecule is Fc1ccc(CNC2CCSc3c(F)cccc32)cc1Cl. The topological polar surface area (TPSA) is 12.0 Å². The van der Waals surface area contributed by atoms with E-state index in [1.807, 2.05) is 6.07 Å². The first-order chi connectivity index (χ1) is 10.1. The lowest BCUT2D eigenvalue weighted by Crippen LogP contribution is -2.24. The van der Waals surface area contributed by atoms with E-state index in [1.54, 1.807) is 30.0 Å². The van der Waals surface area contributed by atoms with Crippen molar-refractivity contribution in [1.29, 1.82) is 0 Å². The highest BCUT2D eigenvalue weighted by Crippen LogP contribution is 2.37. The number of benzene rings is 2. The van der Waals surface area contributed by atoms with E-state index < -0.39 is 5.82 Å². The second-order valence-electron chi connectivity index (χ2n) is 4.98. The summed E-state index contributed by atoms with van der Waals surface area (Å²) in [5.41, 5.74) is 1.91. The van der Waals surface area contributed by atoms with Crippen molar-refractivity contribution in [3.8, 4) is 0 Å². The van der Waals surface area contributed by atoms with Gasteiger partial charge >= 0.3 is 0 Å². The van der Waals surface area contributed by atoms with Crippen molar-refractivity contribution in [3.63, 3.8) is 0 Å². The molecule has 1 unspecified atom stereocenters. The van der Waals surface area contributed by atoms with E-state index in [1.165, 1.54) is 12.1 Å². The van der Waals surface area contributed by atoms with Gasteiger partial charge in [-0.15, -0.1) is 11.8 Å². The first-order valence-corrected chi connectivity index (χ1v) is 8.10. The van der Waals surface area contributed by atoms with Crippen molar-refractivity contribution in [2.75, 3.05) is 5.75 Å². The van der Waals surface area contributed by atoms with Crippen molar-refractivity contribution in [2.24, 2.45) is 0 Å². The summed E-state index contributed by atoms with van der Waals surface area (Å²) in [5, 5.41) is 3.53. The maximum absolute atomic E-state index is 13.8. The predicted molar refractivity (Wildman–Crippen MR) is 82.7 cm³/mol. The second kappa shape index (κ2) is 6.34. The molecule has 1 atom stereocenters. The highest BCUT2D eigenvalue weighted by atomic mass is 35.5. The fourth-order valence-corrected chi connectivity index (χ4v) is 3.83. The number of thioether (sulfide) groups is 1. The van der Waals surface area contributed by atoms with E-state index >= 15 is 0 Å². The molecule has 1 aliphatic heterocycles. The molecule has 0 bridgehead atoms. The molecule has 0 radical (unpaired) electrons. The Morgan fingerprint density at radius 3 is 2.86 bits per heavy atom. The molecule has 0 fully saturated rings. The molecule has 0 aliphatic carbocycles. The Morgan fingerprint density at radius 1 is 1.19 bits per heavy atom. The minimum absolute atomic E-state index is 0.112. The molecule has 1 nitrogen and oxygen atoms in total. The summed E-state index contributed by atoms with van der Waals surface area (Å²) in [6.45, 7) is 0.575. The third-order valence-electron chi connectivity index (χ3n) is 3.56. The molecule has 0 spiro atoms. The predicted octanol–water partition coefficient (Wildman–Crippen LogP) is 4.94. The Hall–Kier alpha value is -1.10. The summed E-state index contributed by atoms with van der Waals surface area (Å²) in [6.07, 6.45) is 0.941. The third kappa shape index (κ3) is 3.23. The molecular formula is C16H14ClF2NS. The lowest BCUT2D eigenvalue weighted by Gasteiger charge is -2.26. The molecular weight excluding hydrogens is 312 g/mol. The van der Waals surface area contributed by atoms with Crippen molar-refractivity contribution < 1.29 is 8.78 Å². The normalized spacial score (nSPS) is 17.6. The van der Waals surface area contributed by atoms with Gasteiger partial charge in [-0.05, 0) is 41.5 Å². The highest BCUT2D eigenvalue weighted by molar-refractivity contribution is 7.99. The van der Waals surface area contributed by atoms with Crippen molar-refractivity contribution in [1.82, 2.24) is 5.32 Å². The van der Waals surface area contributed by atoms with Crippen LogP contribution in [0.15, 0.2) is 41.3 Å². The zero-order valence-electron chi connectivity index (χ0n) is 11.2. The number of nitrogens with one attached hydrogen (secondary N) is 1. The number of hydrogen-bond acceptors (Lipinski definition) is 2. The Kier molecular flexibility index (Phi) is 4.48. The van der Waals surface area contributed by atoms with Crippen LogP contribution in [-0.2, 0) is 6.54 Å². The number of halogens is 3. The van der Waals surface area contributed by atoms with Crippen LogP contribution in [0.3, 0.4) is 0 Å². The van der Waals surface area contributed by atoms with Gasteiger partial charge in [0.05, 0.1) is 5.02 Å². The summed E-state index contributed by atoms with van der Waals surface area (Å²) >= 11 is 7.34. The first kappa shape index (κ1) is 14.8. The molecule has 2 aromatic rings. The van der Waals surface area contributed by atoms with Crippen LogP contribution < -0.4 is 5.32 Å². The van der Waals surface area contributed by atoms with Crippen LogP contribution in [0.5, 0.6) is 0 Å². The first-order valence-electron chi connectivity index (χ1n) is 6.73. The monoisotopic (exact) mass is 325 g/mol. The lowest BCUT2D eigenvalue weighted by molar-refractivity contribution is 0.496. The van der Waals surface area contributed by atoms with Gasteiger partial charge in [0.2, 0.25) is 0 Å². The van der Waals surface area contributed by atoms with Crippen molar-refractivity contribution >= 4 is 23.4 Å². The summed E-state index contributed by atoms with van der Waals surface area (Å²) in [4.78, 5) is 0.735. The van der Waals surface area contributed by atoms with Crippen LogP contribution in [-0.4, -0.2) is 5.75 Å². The molecule has 0 saturated carbocycles. The van der Waals surface area contributed by atoms with E-state index in [0.29, 0.717) is 6.54 Å². The summed E-state index contributed by atoms with van der Waals surface area (Å²) in [7, 11) is 0. The summed E-state index contributed by atoms with van der Waals surface area (Å²) in [6, 6.07) is 9.99. The van der Waals surface area contributed by atoms with Gasteiger partial charge in [0.1, 0.15) is 11.6 Å². The Balaban J connectivity index is 1.75. The van der Waals surface area contributed by atoms with Crippen molar-refractivity contribution in [3.05, 3.63) is 64.2 Å². The van der Waals surface area contributed by atoms with E-state index in [4.69, 9.17) is 11.6 Å². The van der Waals surface area contributed by atoms with Crippen LogP contribution >= 0.6 is 23.4 Å². The van der Waals surface area contributed by atoms with Gasteiger partial charge in [-0.2, -0.15) is 0 Å². The van der Waals surface area contributed by atoms with E-state index in [2.05, 4.69) is 5.32 Å². The Bertz CT molecular complexity index is 663. The van der Waals surface area contributed by atoms with E-state index in [-0.39, 0.29) is 16.9 Å². The van der Waals surface area contributed by atoms with Gasteiger partial charge < -0.3 is 5.32 Å². The standard InChI is InChI=1S/C16H14ClF2NS/c17-12-8-10(4-5-13(12)18)9-20-15-6-7-21-16-11(15)2-1-3-14(16)19/h1-5,8,15,20H,6-7,9H2. The molecule has 21 heavy (non-hydrogen) atoms. The smallest absolute Gasteiger partial charge is 0.141 e. The molecule has 0 aromatic heterocycles. The molecule has 1 N–H and O–H groups in total. The average molecular weight is 326 g/mol. The quantitative estimate of drug-likeness (QED) is 0.857. The van der Waals surface area contributed by atoms with Gasteiger partial charge in [0.25, 0.3) is 0 Å². The minimum atomic E-state index is -0.415. The van der Waals surface area contributed by atoms with Crippen LogP contribution in [0.4, 0.5) is 8.78 Å². The lowest BCUT2D eigenvalue weighted by atomic mass is 10.0. The molecule has 5 heteroatoms. The van der Waals surface area contributed by atoms with Gasteiger partial charge in [-0.1, -0.05) is 29.8 Å². The largest absolute Gasteiger partial charge is 0.306 e. The molecule has 110 valence electrons. The zero-order chi connectivity index (χ0) is 14.8. The van der Waals surface area contributed by atoms with Crippen LogP contribution in [0, 0.1) is 11.6 Å². The fourth-order valence-electron chi connectivity index (χ4n) is 2.49. The summed E-state index contributed by atoms with van der Waals surface area (Å²) in [5.74, 6) is 0.311. The molecule has 1 heterocycles. The Labute approximate surface area is 131 Å². The fraction of sp³-hybridized carbons (Fsp3) is 0.250. The maximum Gasteiger partial charge on any atom is 0.141 e. The van der Waals surface area contributed by atoms with Crippen LogP contribution in [0.1, 0.15) is 23.6 Å². The van der Waals surface area contributed by atoms with E-state index in [0.717, 1.165) is 28.2 Å². The summed E-state index contributed by atoms with van der Waals surface area (Å²) < 4.78 is 26.9. The van der Waals surface area contributed by atoms with Gasteiger partial charge in [0, 0.05) is 17.5 Å². The molecule has 3 rings (SSSR count). The highest BCUT2D eigenvalue weighted by Gasteiger charge is 2.22. The van der Waals surface area contributed by atoms with Crippen molar-refractivity contribution in [2.45, 2.75) is 23.9 Å². The molecule has 0 saturated heterocycles. The number of fused-ring (bicyclic) bond motifs is 1. The minimum Gasteiger partial charge on any atom is -0.306 e. The van der Waals surface area contributed by atoms with Gasteiger partial charge in [0.15, 0.2) is 0 Å². The molecule has 0 amide bonds. The second-order valence-corrected chi connectivity index (χ2v) is 6.49. The van der Waals surface area contributed by atoms with E-state index in [9.17, 15) is 8.78 Å². The van der Waals surface area contributed by atoms with Crippen LogP contribution in [0.25, 0.3) is 0 Å². The maximum atomic E-state index is 13.8. The molecule has 2 aromatic carbocycles. The molecule has 1 aliphatic rings. The number of hydrogen-bond donors (Lipinski definition) is 1.